The van der Waals surface area contributed by atoms with Gasteiger partial charge < -0.3 is 16.0 Å². The molecule has 0 unspecified atom stereocenters. The van der Waals surface area contributed by atoms with E-state index in [1.54, 1.807) is 0 Å². The van der Waals surface area contributed by atoms with E-state index in [0.29, 0.717) is 13.0 Å². The van der Waals surface area contributed by atoms with Gasteiger partial charge in [-0.3, -0.25) is 9.59 Å². The highest BCUT2D eigenvalue weighted by Gasteiger charge is 2.25. The molecule has 0 bridgehead atoms. The Morgan fingerprint density at radius 2 is 1.71 bits per heavy atom. The van der Waals surface area contributed by atoms with Gasteiger partial charge in [0.2, 0.25) is 11.8 Å². The molecular formula is C23H27N3O2. The molecule has 1 aliphatic carbocycles. The van der Waals surface area contributed by atoms with Crippen LogP contribution in [0.5, 0.6) is 0 Å². The van der Waals surface area contributed by atoms with Crippen LogP contribution in [0.25, 0.3) is 0 Å². The number of fused-ring (bicyclic) bond motifs is 1. The van der Waals surface area contributed by atoms with Crippen molar-refractivity contribution in [1.29, 1.82) is 0 Å². The summed E-state index contributed by atoms with van der Waals surface area (Å²) >= 11 is 0. The number of anilines is 2. The fourth-order valence-corrected chi connectivity index (χ4v) is 4.13. The molecule has 0 aromatic heterocycles. The average molecular weight is 377 g/mol. The quantitative estimate of drug-likeness (QED) is 0.759. The second kappa shape index (κ2) is 8.15. The molecule has 2 aromatic carbocycles. The summed E-state index contributed by atoms with van der Waals surface area (Å²) in [5, 5.41) is 9.37. The summed E-state index contributed by atoms with van der Waals surface area (Å²) in [5.41, 5.74) is 4.92. The maximum absolute atomic E-state index is 12.8. The SMILES string of the molecule is Cc1ccc(NC(=O)C2CCCC2)cc1NC(=O)[C@H]1Cc2ccccc2CN1. The summed E-state index contributed by atoms with van der Waals surface area (Å²) in [5.74, 6) is 0.159. The number of nitrogens with one attached hydrogen (secondary N) is 3. The van der Waals surface area contributed by atoms with Crippen LogP contribution in [0.15, 0.2) is 42.5 Å². The van der Waals surface area contributed by atoms with E-state index >= 15 is 0 Å². The molecule has 1 saturated carbocycles. The molecule has 4 rings (SSSR count). The Balaban J connectivity index is 1.42. The van der Waals surface area contributed by atoms with Crippen molar-refractivity contribution in [2.45, 2.75) is 51.6 Å². The molecule has 1 heterocycles. The molecular weight excluding hydrogens is 350 g/mol. The van der Waals surface area contributed by atoms with E-state index in [9.17, 15) is 9.59 Å². The number of hydrogen-bond donors (Lipinski definition) is 3. The summed E-state index contributed by atoms with van der Waals surface area (Å²) in [4.78, 5) is 25.2. The smallest absolute Gasteiger partial charge is 0.241 e. The van der Waals surface area contributed by atoms with Gasteiger partial charge in [-0.05, 0) is 55.0 Å². The van der Waals surface area contributed by atoms with E-state index in [1.165, 1.54) is 11.1 Å². The molecule has 0 radical (unpaired) electrons. The monoisotopic (exact) mass is 377 g/mol. The lowest BCUT2D eigenvalue weighted by Gasteiger charge is -2.25. The molecule has 2 aromatic rings. The van der Waals surface area contributed by atoms with Crippen LogP contribution in [0.1, 0.15) is 42.4 Å². The Bertz CT molecular complexity index is 887. The highest BCUT2D eigenvalue weighted by Crippen LogP contribution is 2.27. The van der Waals surface area contributed by atoms with Crippen molar-refractivity contribution >= 4 is 23.2 Å². The van der Waals surface area contributed by atoms with Crippen LogP contribution in [0.4, 0.5) is 11.4 Å². The van der Waals surface area contributed by atoms with E-state index in [4.69, 9.17) is 0 Å². The zero-order valence-corrected chi connectivity index (χ0v) is 16.3. The van der Waals surface area contributed by atoms with Crippen molar-refractivity contribution in [2.24, 2.45) is 5.92 Å². The summed E-state index contributed by atoms with van der Waals surface area (Å²) in [7, 11) is 0. The minimum Gasteiger partial charge on any atom is -0.326 e. The summed E-state index contributed by atoms with van der Waals surface area (Å²) < 4.78 is 0. The number of carbonyl (C=O) groups excluding carboxylic acids is 2. The summed E-state index contributed by atoms with van der Waals surface area (Å²) in [6, 6.07) is 13.6. The molecule has 2 amide bonds. The van der Waals surface area contributed by atoms with Crippen LogP contribution in [0.3, 0.4) is 0 Å². The first-order valence-corrected chi connectivity index (χ1v) is 10.1. The number of aryl methyl sites for hydroxylation is 1. The Morgan fingerprint density at radius 1 is 0.964 bits per heavy atom. The second-order valence-corrected chi connectivity index (χ2v) is 7.90. The standard InChI is InChI=1S/C23H27N3O2/c1-15-10-11-19(25-22(27)16-6-2-3-7-16)13-20(15)26-23(28)21-12-17-8-4-5-9-18(17)14-24-21/h4-5,8-11,13,16,21,24H,2-3,6-7,12,14H2,1H3,(H,25,27)(H,26,28)/t21-/m1/s1. The van der Waals surface area contributed by atoms with Gasteiger partial charge in [-0.1, -0.05) is 43.2 Å². The predicted molar refractivity (Wildman–Crippen MR) is 111 cm³/mol. The molecule has 2 aliphatic rings. The first kappa shape index (κ1) is 18.7. The Hall–Kier alpha value is -2.66. The lowest BCUT2D eigenvalue weighted by Crippen LogP contribution is -2.44. The van der Waals surface area contributed by atoms with Gasteiger partial charge in [0.25, 0.3) is 0 Å². The minimum absolute atomic E-state index is 0.0446. The van der Waals surface area contributed by atoms with Gasteiger partial charge >= 0.3 is 0 Å². The Kier molecular flexibility index (Phi) is 5.44. The Morgan fingerprint density at radius 3 is 2.50 bits per heavy atom. The third kappa shape index (κ3) is 4.09. The zero-order valence-electron chi connectivity index (χ0n) is 16.3. The van der Waals surface area contributed by atoms with E-state index in [2.05, 4.69) is 28.1 Å². The van der Waals surface area contributed by atoms with E-state index in [0.717, 1.165) is 42.6 Å². The number of hydrogen-bond acceptors (Lipinski definition) is 3. The number of benzene rings is 2. The van der Waals surface area contributed by atoms with Gasteiger partial charge in [0, 0.05) is 23.8 Å². The fraction of sp³-hybridized carbons (Fsp3) is 0.391. The zero-order chi connectivity index (χ0) is 19.5. The van der Waals surface area contributed by atoms with E-state index in [-0.39, 0.29) is 23.8 Å². The summed E-state index contributed by atoms with van der Waals surface area (Å²) in [6.45, 7) is 2.66. The molecule has 5 nitrogen and oxygen atoms in total. The fourth-order valence-electron chi connectivity index (χ4n) is 4.13. The summed E-state index contributed by atoms with van der Waals surface area (Å²) in [6.07, 6.45) is 4.88. The number of rotatable bonds is 4. The normalized spacial score (nSPS) is 19.1. The van der Waals surface area contributed by atoms with Crippen LogP contribution in [0, 0.1) is 12.8 Å². The first-order chi connectivity index (χ1) is 13.6. The second-order valence-electron chi connectivity index (χ2n) is 7.90. The van der Waals surface area contributed by atoms with Crippen molar-refractivity contribution in [3.05, 3.63) is 59.2 Å². The maximum Gasteiger partial charge on any atom is 0.241 e. The number of carbonyl (C=O) groups is 2. The lowest BCUT2D eigenvalue weighted by atomic mass is 9.95. The van der Waals surface area contributed by atoms with Crippen molar-refractivity contribution in [3.8, 4) is 0 Å². The number of amides is 2. The minimum atomic E-state index is -0.258. The molecule has 0 spiro atoms. The molecule has 0 saturated heterocycles. The maximum atomic E-state index is 12.8. The van der Waals surface area contributed by atoms with E-state index in [1.807, 2.05) is 37.3 Å². The topological polar surface area (TPSA) is 70.2 Å². The highest BCUT2D eigenvalue weighted by molar-refractivity contribution is 5.98. The van der Waals surface area contributed by atoms with Crippen LogP contribution >= 0.6 is 0 Å². The van der Waals surface area contributed by atoms with Gasteiger partial charge in [-0.15, -0.1) is 0 Å². The van der Waals surface area contributed by atoms with Gasteiger partial charge in [-0.2, -0.15) is 0 Å². The van der Waals surface area contributed by atoms with Crippen LogP contribution in [-0.2, 0) is 22.6 Å². The first-order valence-electron chi connectivity index (χ1n) is 10.1. The molecule has 5 heteroatoms. The van der Waals surface area contributed by atoms with Crippen LogP contribution in [-0.4, -0.2) is 17.9 Å². The molecule has 1 aliphatic heterocycles. The Labute approximate surface area is 165 Å². The van der Waals surface area contributed by atoms with Gasteiger partial charge in [0.05, 0.1) is 6.04 Å². The van der Waals surface area contributed by atoms with Crippen LogP contribution in [0.2, 0.25) is 0 Å². The third-order valence-electron chi connectivity index (χ3n) is 5.89. The molecule has 1 fully saturated rings. The predicted octanol–water partition coefficient (Wildman–Crippen LogP) is 3.78. The average Bonchev–Trinajstić information content (AvgIpc) is 3.25. The largest absolute Gasteiger partial charge is 0.326 e. The molecule has 1 atom stereocenters. The van der Waals surface area contributed by atoms with Gasteiger partial charge in [0.15, 0.2) is 0 Å². The van der Waals surface area contributed by atoms with Gasteiger partial charge in [-0.25, -0.2) is 0 Å². The van der Waals surface area contributed by atoms with E-state index < -0.39 is 0 Å². The van der Waals surface area contributed by atoms with Crippen molar-refractivity contribution in [1.82, 2.24) is 5.32 Å². The lowest BCUT2D eigenvalue weighted by molar-refractivity contribution is -0.120. The van der Waals surface area contributed by atoms with Crippen molar-refractivity contribution < 1.29 is 9.59 Å². The molecule has 3 N–H and O–H groups in total. The van der Waals surface area contributed by atoms with Crippen molar-refractivity contribution in [2.75, 3.05) is 10.6 Å². The van der Waals surface area contributed by atoms with Gasteiger partial charge in [0.1, 0.15) is 0 Å². The van der Waals surface area contributed by atoms with Crippen LogP contribution < -0.4 is 16.0 Å². The highest BCUT2D eigenvalue weighted by atomic mass is 16.2. The molecule has 28 heavy (non-hydrogen) atoms. The third-order valence-corrected chi connectivity index (χ3v) is 5.89. The van der Waals surface area contributed by atoms with Crippen molar-refractivity contribution in [3.63, 3.8) is 0 Å². The molecule has 146 valence electrons.